The van der Waals surface area contributed by atoms with Gasteiger partial charge in [-0.05, 0) is 43.0 Å². The average molecular weight is 346 g/mol. The first-order valence-electron chi connectivity index (χ1n) is 9.18. The van der Waals surface area contributed by atoms with Crippen molar-refractivity contribution in [2.75, 3.05) is 16.8 Å². The lowest BCUT2D eigenvalue weighted by Gasteiger charge is -2.21. The Balaban J connectivity index is 1.84. The van der Waals surface area contributed by atoms with Crippen molar-refractivity contribution in [3.63, 3.8) is 0 Å². The van der Waals surface area contributed by atoms with Crippen LogP contribution in [0.5, 0.6) is 0 Å². The van der Waals surface area contributed by atoms with Crippen molar-refractivity contribution in [1.82, 2.24) is 9.97 Å². The fourth-order valence-electron chi connectivity index (χ4n) is 3.03. The van der Waals surface area contributed by atoms with Crippen molar-refractivity contribution in [2.24, 2.45) is 0 Å². The molecule has 1 heterocycles. The van der Waals surface area contributed by atoms with Crippen LogP contribution in [0.4, 0.5) is 17.5 Å². The lowest BCUT2D eigenvalue weighted by molar-refractivity contribution is 0.792. The van der Waals surface area contributed by atoms with Crippen molar-refractivity contribution in [1.29, 1.82) is 0 Å². The molecule has 0 saturated heterocycles. The number of benzene rings is 2. The Morgan fingerprint density at radius 3 is 2.50 bits per heavy atom. The van der Waals surface area contributed by atoms with Gasteiger partial charge in [-0.3, -0.25) is 0 Å². The lowest BCUT2D eigenvalue weighted by atomic mass is 10.1. The molecule has 0 aliphatic heterocycles. The van der Waals surface area contributed by atoms with E-state index in [0.717, 1.165) is 37.0 Å². The van der Waals surface area contributed by atoms with Gasteiger partial charge >= 0.3 is 0 Å². The summed E-state index contributed by atoms with van der Waals surface area (Å²) in [6, 6.07) is 18.7. The first-order chi connectivity index (χ1) is 12.7. The summed E-state index contributed by atoms with van der Waals surface area (Å²) in [6.45, 7) is 8.07. The van der Waals surface area contributed by atoms with E-state index in [1.54, 1.807) is 0 Å². The zero-order valence-electron chi connectivity index (χ0n) is 15.7. The van der Waals surface area contributed by atoms with E-state index in [2.05, 4.69) is 78.4 Å². The highest BCUT2D eigenvalue weighted by atomic mass is 15.3. The van der Waals surface area contributed by atoms with E-state index in [0.29, 0.717) is 0 Å². The van der Waals surface area contributed by atoms with Crippen LogP contribution in [0.15, 0.2) is 60.8 Å². The Bertz CT molecular complexity index is 846. The summed E-state index contributed by atoms with van der Waals surface area (Å²) < 4.78 is 0. The highest BCUT2D eigenvalue weighted by Gasteiger charge is 2.11. The zero-order chi connectivity index (χ0) is 18.4. The smallest absolute Gasteiger partial charge is 0.227 e. The Labute approximate surface area is 155 Å². The first-order valence-corrected chi connectivity index (χ1v) is 9.18. The molecule has 3 rings (SSSR count). The summed E-state index contributed by atoms with van der Waals surface area (Å²) >= 11 is 0. The molecule has 1 N–H and O–H groups in total. The predicted octanol–water partition coefficient (Wildman–Crippen LogP) is 5.12. The molecule has 0 saturated carbocycles. The number of para-hydroxylation sites is 1. The number of hydrogen-bond acceptors (Lipinski definition) is 4. The Morgan fingerprint density at radius 2 is 1.77 bits per heavy atom. The van der Waals surface area contributed by atoms with Gasteiger partial charge in [-0.25, -0.2) is 4.98 Å². The molecule has 26 heavy (non-hydrogen) atoms. The Kier molecular flexibility index (Phi) is 5.84. The van der Waals surface area contributed by atoms with Crippen LogP contribution in [0.2, 0.25) is 0 Å². The van der Waals surface area contributed by atoms with Gasteiger partial charge in [-0.15, -0.1) is 0 Å². The average Bonchev–Trinajstić information content (AvgIpc) is 2.68. The lowest BCUT2D eigenvalue weighted by Crippen LogP contribution is -2.24. The molecule has 0 unspecified atom stereocenters. The third-order valence-electron chi connectivity index (χ3n) is 4.52. The van der Waals surface area contributed by atoms with Gasteiger partial charge in [0.2, 0.25) is 5.95 Å². The van der Waals surface area contributed by atoms with E-state index < -0.39 is 0 Å². The van der Waals surface area contributed by atoms with Crippen LogP contribution >= 0.6 is 0 Å². The van der Waals surface area contributed by atoms with Gasteiger partial charge in [0.05, 0.1) is 0 Å². The summed E-state index contributed by atoms with van der Waals surface area (Å²) in [5.41, 5.74) is 4.91. The van der Waals surface area contributed by atoms with E-state index in [-0.39, 0.29) is 0 Å². The molecule has 0 atom stereocenters. The van der Waals surface area contributed by atoms with Crippen LogP contribution in [0, 0.1) is 6.92 Å². The third kappa shape index (κ3) is 4.20. The molecule has 2 aromatic carbocycles. The second-order valence-electron chi connectivity index (χ2n) is 6.33. The largest absolute Gasteiger partial charge is 0.340 e. The minimum absolute atomic E-state index is 0.744. The van der Waals surface area contributed by atoms with Crippen LogP contribution in [-0.2, 0) is 13.0 Å². The highest BCUT2D eigenvalue weighted by Crippen LogP contribution is 2.25. The van der Waals surface area contributed by atoms with Crippen molar-refractivity contribution >= 4 is 17.5 Å². The van der Waals surface area contributed by atoms with E-state index in [9.17, 15) is 0 Å². The van der Waals surface area contributed by atoms with Gasteiger partial charge in [0.25, 0.3) is 0 Å². The van der Waals surface area contributed by atoms with E-state index in [4.69, 9.17) is 4.98 Å². The second kappa shape index (κ2) is 8.48. The SMILES string of the molecule is CCc1cccc(C)c1Nc1ccnc(N(CC)Cc2ccccc2)n1. The number of aromatic nitrogens is 2. The summed E-state index contributed by atoms with van der Waals surface area (Å²) in [7, 11) is 0. The van der Waals surface area contributed by atoms with Gasteiger partial charge in [0, 0.05) is 25.0 Å². The quantitative estimate of drug-likeness (QED) is 0.645. The normalized spacial score (nSPS) is 10.6. The maximum absolute atomic E-state index is 4.76. The predicted molar refractivity (Wildman–Crippen MR) is 109 cm³/mol. The fourth-order valence-corrected chi connectivity index (χ4v) is 3.03. The van der Waals surface area contributed by atoms with Crippen LogP contribution in [0.3, 0.4) is 0 Å². The molecule has 1 aromatic heterocycles. The number of hydrogen-bond donors (Lipinski definition) is 1. The summed E-state index contributed by atoms with van der Waals surface area (Å²) in [4.78, 5) is 11.4. The topological polar surface area (TPSA) is 41.1 Å². The molecular formula is C22H26N4. The van der Waals surface area contributed by atoms with Gasteiger partial charge in [0.15, 0.2) is 0 Å². The van der Waals surface area contributed by atoms with Crippen LogP contribution in [0.25, 0.3) is 0 Å². The molecule has 4 heteroatoms. The standard InChI is InChI=1S/C22H26N4/c1-4-19-13-9-10-17(3)21(19)24-20-14-15-23-22(25-20)26(5-2)16-18-11-7-6-8-12-18/h6-15H,4-5,16H2,1-3H3,(H,23,24,25). The molecule has 0 aliphatic rings. The molecule has 0 fully saturated rings. The summed E-state index contributed by atoms with van der Waals surface area (Å²) in [5.74, 6) is 1.57. The molecule has 134 valence electrons. The number of anilines is 3. The van der Waals surface area contributed by atoms with Gasteiger partial charge in [-0.1, -0.05) is 55.5 Å². The van der Waals surface area contributed by atoms with Crippen LogP contribution in [-0.4, -0.2) is 16.5 Å². The zero-order valence-corrected chi connectivity index (χ0v) is 15.7. The van der Waals surface area contributed by atoms with Crippen molar-refractivity contribution in [3.8, 4) is 0 Å². The Morgan fingerprint density at radius 1 is 0.962 bits per heavy atom. The van der Waals surface area contributed by atoms with Gasteiger partial charge < -0.3 is 10.2 Å². The maximum Gasteiger partial charge on any atom is 0.227 e. The molecule has 4 nitrogen and oxygen atoms in total. The first kappa shape index (κ1) is 17.9. The number of rotatable bonds is 7. The second-order valence-corrected chi connectivity index (χ2v) is 6.33. The summed E-state index contributed by atoms with van der Waals surface area (Å²) in [6.07, 6.45) is 2.80. The molecule has 0 bridgehead atoms. The van der Waals surface area contributed by atoms with E-state index >= 15 is 0 Å². The summed E-state index contributed by atoms with van der Waals surface area (Å²) in [5, 5.41) is 3.50. The minimum atomic E-state index is 0.744. The molecule has 0 spiro atoms. The molecule has 0 radical (unpaired) electrons. The van der Waals surface area contributed by atoms with Gasteiger partial charge in [0.1, 0.15) is 5.82 Å². The fraction of sp³-hybridized carbons (Fsp3) is 0.273. The van der Waals surface area contributed by atoms with Crippen molar-refractivity contribution < 1.29 is 0 Å². The minimum Gasteiger partial charge on any atom is -0.340 e. The monoisotopic (exact) mass is 346 g/mol. The van der Waals surface area contributed by atoms with E-state index in [1.165, 1.54) is 16.7 Å². The number of nitrogens with zero attached hydrogens (tertiary/aromatic N) is 3. The highest BCUT2D eigenvalue weighted by molar-refractivity contribution is 5.65. The third-order valence-corrected chi connectivity index (χ3v) is 4.52. The van der Waals surface area contributed by atoms with Crippen LogP contribution < -0.4 is 10.2 Å². The molecule has 0 aliphatic carbocycles. The molecular weight excluding hydrogens is 320 g/mol. The molecule has 0 amide bonds. The molecule has 3 aromatic rings. The van der Waals surface area contributed by atoms with Crippen LogP contribution in [0.1, 0.15) is 30.5 Å². The van der Waals surface area contributed by atoms with E-state index in [1.807, 2.05) is 18.3 Å². The number of nitrogens with one attached hydrogen (secondary N) is 1. The Hall–Kier alpha value is -2.88. The van der Waals surface area contributed by atoms with Crippen molar-refractivity contribution in [3.05, 3.63) is 77.5 Å². The van der Waals surface area contributed by atoms with Crippen molar-refractivity contribution in [2.45, 2.75) is 33.7 Å². The number of aryl methyl sites for hydroxylation is 2. The maximum atomic E-state index is 4.76. The van der Waals surface area contributed by atoms with Gasteiger partial charge in [-0.2, -0.15) is 4.98 Å².